The second kappa shape index (κ2) is 8.16. The van der Waals surface area contributed by atoms with Gasteiger partial charge in [-0.1, -0.05) is 42.5 Å². The summed E-state index contributed by atoms with van der Waals surface area (Å²) >= 11 is 0. The number of sulfonamides is 1. The molecule has 30 heavy (non-hydrogen) atoms. The standard InChI is InChI=1S/C22H21N3O4S/c1-29-18-11-9-17(10-12-18)20(16-6-3-2-4-7-16)23-22(26)19-8-5-13-25-14-15-30(27,28)24-21(19)25/h2-13,20H,14-15H2,1H3,(H,23,26). The summed E-state index contributed by atoms with van der Waals surface area (Å²) in [6.07, 6.45) is 5.03. The number of carbonyl (C=O) groups is 1. The molecule has 2 aromatic carbocycles. The van der Waals surface area contributed by atoms with Gasteiger partial charge >= 0.3 is 0 Å². The van der Waals surface area contributed by atoms with Crippen LogP contribution in [0.4, 0.5) is 0 Å². The number of nitrogens with one attached hydrogen (secondary N) is 1. The molecule has 0 spiro atoms. The van der Waals surface area contributed by atoms with E-state index in [4.69, 9.17) is 4.74 Å². The topological polar surface area (TPSA) is 88.1 Å². The Kier molecular flexibility index (Phi) is 5.41. The molecule has 4 rings (SSSR count). The maximum absolute atomic E-state index is 13.2. The van der Waals surface area contributed by atoms with Gasteiger partial charge in [-0.2, -0.15) is 0 Å². The maximum atomic E-state index is 13.2. The molecule has 1 amide bonds. The summed E-state index contributed by atoms with van der Waals surface area (Å²) in [5.41, 5.74) is 1.99. The van der Waals surface area contributed by atoms with Gasteiger partial charge in [0.2, 0.25) is 0 Å². The number of amides is 1. The predicted molar refractivity (Wildman–Crippen MR) is 115 cm³/mol. The van der Waals surface area contributed by atoms with E-state index in [-0.39, 0.29) is 23.7 Å². The lowest BCUT2D eigenvalue weighted by molar-refractivity contribution is -0.117. The van der Waals surface area contributed by atoms with Gasteiger partial charge in [-0.15, -0.1) is 4.40 Å². The minimum absolute atomic E-state index is 0.0752. The zero-order valence-electron chi connectivity index (χ0n) is 16.4. The minimum atomic E-state index is -3.58. The molecule has 2 aliphatic heterocycles. The van der Waals surface area contributed by atoms with Gasteiger partial charge in [-0.25, -0.2) is 8.42 Å². The van der Waals surface area contributed by atoms with E-state index >= 15 is 0 Å². The van der Waals surface area contributed by atoms with Gasteiger partial charge in [-0.05, 0) is 35.4 Å². The van der Waals surface area contributed by atoms with Crippen LogP contribution >= 0.6 is 0 Å². The van der Waals surface area contributed by atoms with Gasteiger partial charge in [0.05, 0.1) is 24.5 Å². The summed E-state index contributed by atoms with van der Waals surface area (Å²) in [6, 6.07) is 16.6. The Morgan fingerprint density at radius 3 is 2.50 bits per heavy atom. The number of rotatable bonds is 5. The van der Waals surface area contributed by atoms with Crippen LogP contribution in [0.1, 0.15) is 17.2 Å². The molecule has 0 saturated carbocycles. The third-order valence-electron chi connectivity index (χ3n) is 4.96. The number of allylic oxidation sites excluding steroid dienone is 2. The summed E-state index contributed by atoms with van der Waals surface area (Å²) in [6.45, 7) is 0.267. The lowest BCUT2D eigenvalue weighted by Crippen LogP contribution is -2.43. The minimum Gasteiger partial charge on any atom is -0.497 e. The first-order chi connectivity index (χ1) is 14.5. The number of amidine groups is 1. The first kappa shape index (κ1) is 19.9. The van der Waals surface area contributed by atoms with E-state index in [2.05, 4.69) is 9.71 Å². The third-order valence-corrected chi connectivity index (χ3v) is 6.11. The molecule has 0 saturated heterocycles. The van der Waals surface area contributed by atoms with Crippen LogP contribution in [-0.2, 0) is 14.8 Å². The van der Waals surface area contributed by atoms with E-state index in [1.54, 1.807) is 30.4 Å². The molecule has 0 radical (unpaired) electrons. The first-order valence-electron chi connectivity index (χ1n) is 9.45. The number of ether oxygens (including phenoxy) is 1. The molecular formula is C22H21N3O4S. The van der Waals surface area contributed by atoms with E-state index < -0.39 is 22.0 Å². The molecule has 0 aliphatic carbocycles. The number of methoxy groups -OCH3 is 1. The monoisotopic (exact) mass is 423 g/mol. The summed E-state index contributed by atoms with van der Waals surface area (Å²) in [7, 11) is -1.99. The molecule has 8 heteroatoms. The molecule has 2 aliphatic rings. The van der Waals surface area contributed by atoms with Crippen LogP contribution in [0.15, 0.2) is 82.9 Å². The highest BCUT2D eigenvalue weighted by molar-refractivity contribution is 7.90. The highest BCUT2D eigenvalue weighted by Gasteiger charge is 2.31. The van der Waals surface area contributed by atoms with Gasteiger partial charge < -0.3 is 15.0 Å². The van der Waals surface area contributed by atoms with Crippen molar-refractivity contribution in [2.45, 2.75) is 6.04 Å². The summed E-state index contributed by atoms with van der Waals surface area (Å²) in [4.78, 5) is 14.9. The van der Waals surface area contributed by atoms with Crippen LogP contribution in [0.2, 0.25) is 0 Å². The van der Waals surface area contributed by atoms with Gasteiger partial charge in [0.1, 0.15) is 5.75 Å². The normalized spacial score (nSPS) is 18.0. The van der Waals surface area contributed by atoms with Gasteiger partial charge in [0, 0.05) is 12.7 Å². The fraction of sp³-hybridized carbons (Fsp3) is 0.182. The summed E-state index contributed by atoms with van der Waals surface area (Å²) in [5, 5.41) is 3.03. The molecule has 0 fully saturated rings. The van der Waals surface area contributed by atoms with Crippen LogP contribution in [0, 0.1) is 0 Å². The van der Waals surface area contributed by atoms with Crippen molar-refractivity contribution in [1.29, 1.82) is 0 Å². The van der Waals surface area contributed by atoms with E-state index in [9.17, 15) is 13.2 Å². The van der Waals surface area contributed by atoms with Crippen LogP contribution in [0.25, 0.3) is 0 Å². The van der Waals surface area contributed by atoms with Crippen molar-refractivity contribution in [1.82, 2.24) is 10.2 Å². The van der Waals surface area contributed by atoms with Crippen LogP contribution in [-0.4, -0.2) is 44.5 Å². The molecule has 154 valence electrons. The molecule has 1 N–H and O–H groups in total. The predicted octanol–water partition coefficient (Wildman–Crippen LogP) is 2.40. The van der Waals surface area contributed by atoms with Gasteiger partial charge in [0.25, 0.3) is 15.9 Å². The van der Waals surface area contributed by atoms with Gasteiger partial charge in [-0.3, -0.25) is 4.79 Å². The van der Waals surface area contributed by atoms with Crippen LogP contribution in [0.3, 0.4) is 0 Å². The van der Waals surface area contributed by atoms with Crippen molar-refractivity contribution >= 4 is 21.8 Å². The summed E-state index contributed by atoms with van der Waals surface area (Å²) in [5.74, 6) is 0.399. The molecule has 1 unspecified atom stereocenters. The Bertz CT molecular complexity index is 1140. The molecule has 0 bridgehead atoms. The summed E-state index contributed by atoms with van der Waals surface area (Å²) < 4.78 is 33.0. The highest BCUT2D eigenvalue weighted by Crippen LogP contribution is 2.26. The fourth-order valence-corrected chi connectivity index (χ4v) is 4.39. The lowest BCUT2D eigenvalue weighted by Gasteiger charge is -2.29. The molecule has 2 heterocycles. The smallest absolute Gasteiger partial charge is 0.256 e. The maximum Gasteiger partial charge on any atom is 0.256 e. The number of nitrogens with zero attached hydrogens (tertiary/aromatic N) is 2. The SMILES string of the molecule is COc1ccc(C(NC(=O)C2=CC=CN3CCS(=O)(=O)N=C23)c2ccccc2)cc1. The van der Waals surface area contributed by atoms with E-state index in [0.29, 0.717) is 0 Å². The van der Waals surface area contributed by atoms with Crippen molar-refractivity contribution in [3.8, 4) is 5.75 Å². The number of carbonyl (C=O) groups excluding carboxylic acids is 1. The lowest BCUT2D eigenvalue weighted by atomic mass is 9.97. The molecule has 0 aromatic heterocycles. The molecule has 2 aromatic rings. The van der Waals surface area contributed by atoms with Crippen molar-refractivity contribution < 1.29 is 17.9 Å². The molecule has 7 nitrogen and oxygen atoms in total. The Balaban J connectivity index is 1.67. The van der Waals surface area contributed by atoms with E-state index in [1.807, 2.05) is 54.6 Å². The Hall–Kier alpha value is -3.39. The quantitative estimate of drug-likeness (QED) is 0.798. The Morgan fingerprint density at radius 1 is 1.10 bits per heavy atom. The van der Waals surface area contributed by atoms with Gasteiger partial charge in [0.15, 0.2) is 5.84 Å². The second-order valence-electron chi connectivity index (χ2n) is 6.91. The highest BCUT2D eigenvalue weighted by atomic mass is 32.2. The Labute approximate surface area is 175 Å². The van der Waals surface area contributed by atoms with E-state index in [0.717, 1.165) is 16.9 Å². The van der Waals surface area contributed by atoms with Crippen molar-refractivity contribution in [3.63, 3.8) is 0 Å². The number of fused-ring (bicyclic) bond motifs is 1. The number of hydrogen-bond acceptors (Lipinski definition) is 5. The fourth-order valence-electron chi connectivity index (χ4n) is 3.40. The largest absolute Gasteiger partial charge is 0.497 e. The van der Waals surface area contributed by atoms with Crippen LogP contribution < -0.4 is 10.1 Å². The zero-order chi connectivity index (χ0) is 21.1. The van der Waals surface area contributed by atoms with Crippen molar-refractivity contribution in [2.24, 2.45) is 4.40 Å². The van der Waals surface area contributed by atoms with Crippen molar-refractivity contribution in [3.05, 3.63) is 89.6 Å². The average molecular weight is 423 g/mol. The van der Waals surface area contributed by atoms with E-state index in [1.165, 1.54) is 0 Å². The van der Waals surface area contributed by atoms with Crippen LogP contribution in [0.5, 0.6) is 5.75 Å². The molecule has 1 atom stereocenters. The number of hydrogen-bond donors (Lipinski definition) is 1. The third kappa shape index (κ3) is 4.13. The zero-order valence-corrected chi connectivity index (χ0v) is 17.2. The Morgan fingerprint density at radius 2 is 1.80 bits per heavy atom. The average Bonchev–Trinajstić information content (AvgIpc) is 2.77. The number of benzene rings is 2. The molecular weight excluding hydrogens is 402 g/mol. The second-order valence-corrected chi connectivity index (χ2v) is 8.66. The van der Waals surface area contributed by atoms with Crippen molar-refractivity contribution in [2.75, 3.05) is 19.4 Å². The first-order valence-corrected chi connectivity index (χ1v) is 11.1.